The van der Waals surface area contributed by atoms with Crippen molar-refractivity contribution in [3.63, 3.8) is 0 Å². The minimum Gasteiger partial charge on any atom is -0.508 e. The highest BCUT2D eigenvalue weighted by Crippen LogP contribution is 2.32. The number of aliphatic hydroxyl groups is 1. The van der Waals surface area contributed by atoms with Gasteiger partial charge in [0, 0.05) is 6.61 Å². The van der Waals surface area contributed by atoms with E-state index in [9.17, 15) is 5.11 Å². The zero-order chi connectivity index (χ0) is 13.1. The number of phenols is 1. The quantitative estimate of drug-likeness (QED) is 0.843. The van der Waals surface area contributed by atoms with Crippen molar-refractivity contribution in [1.29, 1.82) is 0 Å². The standard InChI is InChI=1S/C15H24O2/c1-5-11-9-12(7-6-8-16)13(10-14(11)17)15(2,3)4/h9-10,16-17H,5-8H2,1-4H3. The fourth-order valence-electron chi connectivity index (χ4n) is 2.14. The Morgan fingerprint density at radius 1 is 1.12 bits per heavy atom. The molecule has 0 aliphatic carbocycles. The smallest absolute Gasteiger partial charge is 0.119 e. The maximum Gasteiger partial charge on any atom is 0.119 e. The van der Waals surface area contributed by atoms with E-state index in [1.165, 1.54) is 11.1 Å². The second-order valence-electron chi connectivity index (χ2n) is 5.57. The number of rotatable bonds is 4. The molecule has 0 aliphatic heterocycles. The normalized spacial score (nSPS) is 11.8. The largest absolute Gasteiger partial charge is 0.508 e. The lowest BCUT2D eigenvalue weighted by Crippen LogP contribution is -2.15. The highest BCUT2D eigenvalue weighted by molar-refractivity contribution is 5.45. The molecule has 0 atom stereocenters. The van der Waals surface area contributed by atoms with E-state index < -0.39 is 0 Å². The summed E-state index contributed by atoms with van der Waals surface area (Å²) in [5, 5.41) is 18.9. The molecule has 0 radical (unpaired) electrons. The Morgan fingerprint density at radius 2 is 1.76 bits per heavy atom. The maximum absolute atomic E-state index is 9.96. The Kier molecular flexibility index (Phi) is 4.58. The molecule has 0 heterocycles. The van der Waals surface area contributed by atoms with Crippen molar-refractivity contribution in [1.82, 2.24) is 0 Å². The third kappa shape index (κ3) is 3.47. The third-order valence-electron chi connectivity index (χ3n) is 3.10. The molecule has 0 aliphatic rings. The molecule has 1 rings (SSSR count). The topological polar surface area (TPSA) is 40.5 Å². The van der Waals surface area contributed by atoms with Gasteiger partial charge < -0.3 is 10.2 Å². The van der Waals surface area contributed by atoms with Crippen LogP contribution in [0.4, 0.5) is 0 Å². The lowest BCUT2D eigenvalue weighted by Gasteiger charge is -2.24. The van der Waals surface area contributed by atoms with Gasteiger partial charge in [0.2, 0.25) is 0 Å². The number of aromatic hydroxyl groups is 1. The van der Waals surface area contributed by atoms with E-state index in [0.717, 1.165) is 24.8 Å². The molecule has 1 aromatic carbocycles. The van der Waals surface area contributed by atoms with Crippen LogP contribution >= 0.6 is 0 Å². The summed E-state index contributed by atoms with van der Waals surface area (Å²) in [6.45, 7) is 8.70. The van der Waals surface area contributed by atoms with E-state index in [4.69, 9.17) is 5.11 Å². The van der Waals surface area contributed by atoms with Crippen LogP contribution in [0, 0.1) is 0 Å². The highest BCUT2D eigenvalue weighted by Gasteiger charge is 2.19. The number of aliphatic hydroxyl groups excluding tert-OH is 1. The third-order valence-corrected chi connectivity index (χ3v) is 3.10. The van der Waals surface area contributed by atoms with Crippen LogP contribution in [0.15, 0.2) is 12.1 Å². The van der Waals surface area contributed by atoms with E-state index in [1.54, 1.807) is 0 Å². The predicted molar refractivity (Wildman–Crippen MR) is 71.6 cm³/mol. The fourth-order valence-corrected chi connectivity index (χ4v) is 2.14. The van der Waals surface area contributed by atoms with Gasteiger partial charge in [-0.2, -0.15) is 0 Å². The van der Waals surface area contributed by atoms with Crippen molar-refractivity contribution in [2.24, 2.45) is 0 Å². The molecular weight excluding hydrogens is 212 g/mol. The average molecular weight is 236 g/mol. The molecule has 2 N–H and O–H groups in total. The highest BCUT2D eigenvalue weighted by atomic mass is 16.3. The van der Waals surface area contributed by atoms with Crippen LogP contribution in [0.1, 0.15) is 50.8 Å². The lowest BCUT2D eigenvalue weighted by atomic mass is 9.81. The Balaban J connectivity index is 3.21. The first-order chi connectivity index (χ1) is 7.90. The van der Waals surface area contributed by atoms with E-state index in [0.29, 0.717) is 5.75 Å². The van der Waals surface area contributed by atoms with Gasteiger partial charge in [-0.15, -0.1) is 0 Å². The molecule has 2 heteroatoms. The Morgan fingerprint density at radius 3 is 2.24 bits per heavy atom. The first-order valence-electron chi connectivity index (χ1n) is 6.36. The summed E-state index contributed by atoms with van der Waals surface area (Å²) >= 11 is 0. The van der Waals surface area contributed by atoms with Gasteiger partial charge >= 0.3 is 0 Å². The van der Waals surface area contributed by atoms with Crippen LogP contribution in [0.25, 0.3) is 0 Å². The Bertz CT molecular complexity index is 375. The molecular formula is C15H24O2. The van der Waals surface area contributed by atoms with Gasteiger partial charge in [-0.3, -0.25) is 0 Å². The van der Waals surface area contributed by atoms with Crippen molar-refractivity contribution in [3.8, 4) is 5.75 Å². The lowest BCUT2D eigenvalue weighted by molar-refractivity contribution is 0.288. The number of hydrogen-bond acceptors (Lipinski definition) is 2. The van der Waals surface area contributed by atoms with Crippen LogP contribution in [-0.4, -0.2) is 16.8 Å². The summed E-state index contributed by atoms with van der Waals surface area (Å²) in [5.41, 5.74) is 3.45. The van der Waals surface area contributed by atoms with Gasteiger partial charge in [0.1, 0.15) is 5.75 Å². The van der Waals surface area contributed by atoms with E-state index in [1.807, 2.05) is 13.0 Å². The number of phenolic OH excluding ortho intramolecular Hbond substituents is 1. The van der Waals surface area contributed by atoms with Crippen LogP contribution in [0.3, 0.4) is 0 Å². The SMILES string of the molecule is CCc1cc(CCCO)c(C(C)(C)C)cc1O. The molecule has 1 aromatic rings. The minimum absolute atomic E-state index is 0.0224. The Labute approximate surface area is 104 Å². The van der Waals surface area contributed by atoms with Gasteiger partial charge in [-0.25, -0.2) is 0 Å². The molecule has 17 heavy (non-hydrogen) atoms. The second-order valence-corrected chi connectivity index (χ2v) is 5.57. The van der Waals surface area contributed by atoms with Crippen LogP contribution < -0.4 is 0 Å². The molecule has 0 amide bonds. The molecule has 0 aromatic heterocycles. The average Bonchev–Trinajstić information content (AvgIpc) is 2.25. The maximum atomic E-state index is 9.96. The molecule has 0 fully saturated rings. The van der Waals surface area contributed by atoms with Crippen molar-refractivity contribution in [3.05, 3.63) is 28.8 Å². The minimum atomic E-state index is 0.0224. The molecule has 0 saturated carbocycles. The van der Waals surface area contributed by atoms with Crippen LogP contribution in [-0.2, 0) is 18.3 Å². The van der Waals surface area contributed by atoms with Gasteiger partial charge in [0.25, 0.3) is 0 Å². The number of hydrogen-bond donors (Lipinski definition) is 2. The van der Waals surface area contributed by atoms with Gasteiger partial charge in [-0.1, -0.05) is 33.8 Å². The van der Waals surface area contributed by atoms with E-state index in [2.05, 4.69) is 26.8 Å². The first-order valence-corrected chi connectivity index (χ1v) is 6.36. The van der Waals surface area contributed by atoms with Gasteiger partial charge in [0.05, 0.1) is 0 Å². The molecule has 96 valence electrons. The zero-order valence-electron chi connectivity index (χ0n) is 11.4. The van der Waals surface area contributed by atoms with Gasteiger partial charge in [-0.05, 0) is 47.4 Å². The summed E-state index contributed by atoms with van der Waals surface area (Å²) < 4.78 is 0. The monoisotopic (exact) mass is 236 g/mol. The Hall–Kier alpha value is -1.02. The van der Waals surface area contributed by atoms with E-state index >= 15 is 0 Å². The summed E-state index contributed by atoms with van der Waals surface area (Å²) in [7, 11) is 0. The van der Waals surface area contributed by atoms with E-state index in [-0.39, 0.29) is 12.0 Å². The van der Waals surface area contributed by atoms with Crippen LogP contribution in [0.5, 0.6) is 5.75 Å². The summed E-state index contributed by atoms with van der Waals surface area (Å²) in [4.78, 5) is 0. The summed E-state index contributed by atoms with van der Waals surface area (Å²) in [6, 6.07) is 3.98. The number of aryl methyl sites for hydroxylation is 2. The summed E-state index contributed by atoms with van der Waals surface area (Å²) in [5.74, 6) is 0.394. The first kappa shape index (κ1) is 14.0. The predicted octanol–water partition coefficient (Wildman–Crippen LogP) is 3.18. The summed E-state index contributed by atoms with van der Waals surface area (Å²) in [6.07, 6.45) is 2.48. The van der Waals surface area contributed by atoms with Crippen molar-refractivity contribution in [2.75, 3.05) is 6.61 Å². The molecule has 2 nitrogen and oxygen atoms in total. The number of benzene rings is 1. The van der Waals surface area contributed by atoms with Crippen molar-refractivity contribution < 1.29 is 10.2 Å². The zero-order valence-corrected chi connectivity index (χ0v) is 11.4. The van der Waals surface area contributed by atoms with Gasteiger partial charge in [0.15, 0.2) is 0 Å². The molecule has 0 saturated heterocycles. The molecule has 0 unspecified atom stereocenters. The van der Waals surface area contributed by atoms with Crippen LogP contribution in [0.2, 0.25) is 0 Å². The van der Waals surface area contributed by atoms with Crippen molar-refractivity contribution >= 4 is 0 Å². The fraction of sp³-hybridized carbons (Fsp3) is 0.600. The second kappa shape index (κ2) is 5.54. The van der Waals surface area contributed by atoms with Crippen molar-refractivity contribution in [2.45, 2.75) is 52.4 Å². The molecule has 0 spiro atoms. The molecule has 0 bridgehead atoms.